The second kappa shape index (κ2) is 6.88. The zero-order valence-electron chi connectivity index (χ0n) is 16.0. The van der Waals surface area contributed by atoms with Crippen LogP contribution in [0.25, 0.3) is 0 Å². The van der Waals surface area contributed by atoms with Crippen LogP contribution in [0, 0.1) is 22.7 Å². The van der Waals surface area contributed by atoms with Crippen LogP contribution >= 0.6 is 0 Å². The summed E-state index contributed by atoms with van der Waals surface area (Å²) in [6.07, 6.45) is 10.1. The quantitative estimate of drug-likeness (QED) is 0.584. The van der Waals surface area contributed by atoms with E-state index in [1.807, 2.05) is 6.92 Å². The summed E-state index contributed by atoms with van der Waals surface area (Å²) in [6.45, 7) is 7.52. The lowest BCUT2D eigenvalue weighted by atomic mass is 9.46. The van der Waals surface area contributed by atoms with E-state index in [4.69, 9.17) is 14.6 Å². The molecule has 4 heteroatoms. The van der Waals surface area contributed by atoms with E-state index in [-0.39, 0.29) is 17.1 Å². The summed E-state index contributed by atoms with van der Waals surface area (Å²) in [6, 6.07) is 0. The number of ether oxygens (including phenoxy) is 2. The minimum Gasteiger partial charge on any atom is -0.478 e. The molecule has 0 aromatic heterocycles. The van der Waals surface area contributed by atoms with E-state index in [0.717, 1.165) is 31.4 Å². The van der Waals surface area contributed by atoms with Crippen LogP contribution in [0.2, 0.25) is 0 Å². The molecule has 1 saturated carbocycles. The lowest BCUT2D eigenvalue weighted by Gasteiger charge is -2.57. The molecule has 25 heavy (non-hydrogen) atoms. The molecule has 3 rings (SSSR count). The third-order valence-electron chi connectivity index (χ3n) is 7.39. The average molecular weight is 348 g/mol. The van der Waals surface area contributed by atoms with Crippen molar-refractivity contribution in [3.63, 3.8) is 0 Å². The van der Waals surface area contributed by atoms with Crippen LogP contribution in [0.3, 0.4) is 0 Å². The van der Waals surface area contributed by atoms with Crippen molar-refractivity contribution in [2.24, 2.45) is 22.7 Å². The highest BCUT2D eigenvalue weighted by Gasteiger charge is 2.60. The fourth-order valence-electron chi connectivity index (χ4n) is 5.78. The minimum absolute atomic E-state index is 0.130. The molecule has 1 N–H and O–H groups in total. The molecule has 3 aliphatic rings. The first-order chi connectivity index (χ1) is 11.8. The second-order valence-corrected chi connectivity index (χ2v) is 8.60. The van der Waals surface area contributed by atoms with E-state index in [0.29, 0.717) is 11.8 Å². The monoisotopic (exact) mass is 348 g/mol. The zero-order valence-corrected chi connectivity index (χ0v) is 16.0. The number of carbonyl (C=O) groups is 1. The van der Waals surface area contributed by atoms with Gasteiger partial charge in [0, 0.05) is 18.6 Å². The summed E-state index contributed by atoms with van der Waals surface area (Å²) in [5.74, 6) is 0.383. The smallest absolute Gasteiger partial charge is 0.328 e. The Morgan fingerprint density at radius 3 is 2.92 bits per heavy atom. The SMILES string of the molecule is CO[C@H]1OC[C@@]23CC[C@@H](C)[C@](C)(CC/C(C)=C/C(=O)O)[C@H]2CCC=C13. The fraction of sp³-hybridized carbons (Fsp3) is 0.762. The third kappa shape index (κ3) is 3.08. The highest BCUT2D eigenvalue weighted by molar-refractivity contribution is 5.80. The predicted octanol–water partition coefficient (Wildman–Crippen LogP) is 4.56. The van der Waals surface area contributed by atoms with Crippen LogP contribution in [-0.4, -0.2) is 31.1 Å². The van der Waals surface area contributed by atoms with Gasteiger partial charge in [0.05, 0.1) is 6.61 Å². The summed E-state index contributed by atoms with van der Waals surface area (Å²) in [7, 11) is 1.73. The van der Waals surface area contributed by atoms with Crippen molar-refractivity contribution < 1.29 is 19.4 Å². The minimum atomic E-state index is -0.842. The van der Waals surface area contributed by atoms with Crippen LogP contribution < -0.4 is 0 Å². The van der Waals surface area contributed by atoms with Crippen LogP contribution in [0.5, 0.6) is 0 Å². The highest BCUT2D eigenvalue weighted by atomic mass is 16.7. The molecule has 2 fully saturated rings. The number of methoxy groups -OCH3 is 1. The Morgan fingerprint density at radius 2 is 2.24 bits per heavy atom. The first kappa shape index (κ1) is 18.7. The Balaban J connectivity index is 1.87. The van der Waals surface area contributed by atoms with E-state index in [2.05, 4.69) is 19.9 Å². The number of aliphatic carboxylic acids is 1. The third-order valence-corrected chi connectivity index (χ3v) is 7.39. The maximum atomic E-state index is 10.9. The number of allylic oxidation sites excluding steroid dienone is 2. The van der Waals surface area contributed by atoms with Crippen molar-refractivity contribution >= 4 is 5.97 Å². The molecule has 0 radical (unpaired) electrons. The van der Waals surface area contributed by atoms with Gasteiger partial charge in [-0.15, -0.1) is 0 Å². The topological polar surface area (TPSA) is 55.8 Å². The summed E-state index contributed by atoms with van der Waals surface area (Å²) < 4.78 is 11.6. The first-order valence-electron chi connectivity index (χ1n) is 9.58. The van der Waals surface area contributed by atoms with E-state index in [9.17, 15) is 4.79 Å². The van der Waals surface area contributed by atoms with Gasteiger partial charge in [-0.25, -0.2) is 4.79 Å². The molecule has 0 unspecified atom stereocenters. The molecule has 0 bridgehead atoms. The molecule has 140 valence electrons. The van der Waals surface area contributed by atoms with Crippen molar-refractivity contribution in [1.82, 2.24) is 0 Å². The Bertz CT molecular complexity index is 593. The van der Waals surface area contributed by atoms with Crippen molar-refractivity contribution in [2.45, 2.75) is 65.6 Å². The Labute approximate surface area is 151 Å². The van der Waals surface area contributed by atoms with Crippen LogP contribution in [0.1, 0.15) is 59.3 Å². The summed E-state index contributed by atoms with van der Waals surface area (Å²) >= 11 is 0. The highest BCUT2D eigenvalue weighted by Crippen LogP contribution is 2.64. The maximum Gasteiger partial charge on any atom is 0.328 e. The molecule has 0 aromatic carbocycles. The summed E-state index contributed by atoms with van der Waals surface area (Å²) in [4.78, 5) is 10.9. The average Bonchev–Trinajstić information content (AvgIpc) is 2.94. The fourth-order valence-corrected chi connectivity index (χ4v) is 5.78. The van der Waals surface area contributed by atoms with E-state index < -0.39 is 5.97 Å². The first-order valence-corrected chi connectivity index (χ1v) is 9.58. The molecule has 2 aliphatic carbocycles. The van der Waals surface area contributed by atoms with Gasteiger partial charge in [-0.05, 0) is 68.3 Å². The van der Waals surface area contributed by atoms with Crippen molar-refractivity contribution in [2.75, 3.05) is 13.7 Å². The number of hydrogen-bond acceptors (Lipinski definition) is 3. The van der Waals surface area contributed by atoms with Gasteiger partial charge in [-0.3, -0.25) is 0 Å². The van der Waals surface area contributed by atoms with Gasteiger partial charge in [0.2, 0.25) is 0 Å². The predicted molar refractivity (Wildman–Crippen MR) is 97.1 cm³/mol. The normalized spacial score (nSPS) is 41.0. The molecule has 1 aliphatic heterocycles. The van der Waals surface area contributed by atoms with Crippen molar-refractivity contribution in [3.05, 3.63) is 23.3 Å². The molecule has 0 aromatic rings. The van der Waals surface area contributed by atoms with Gasteiger partial charge in [0.15, 0.2) is 6.29 Å². The van der Waals surface area contributed by atoms with Crippen LogP contribution in [-0.2, 0) is 14.3 Å². The van der Waals surface area contributed by atoms with E-state index in [1.165, 1.54) is 30.9 Å². The van der Waals surface area contributed by atoms with Crippen molar-refractivity contribution in [1.29, 1.82) is 0 Å². The Hall–Kier alpha value is -1.13. The number of carboxylic acids is 1. The van der Waals surface area contributed by atoms with E-state index >= 15 is 0 Å². The van der Waals surface area contributed by atoms with Crippen LogP contribution in [0.4, 0.5) is 0 Å². The summed E-state index contributed by atoms with van der Waals surface area (Å²) in [5.41, 5.74) is 2.67. The molecule has 0 amide bonds. The molecule has 1 saturated heterocycles. The van der Waals surface area contributed by atoms with Gasteiger partial charge < -0.3 is 14.6 Å². The van der Waals surface area contributed by atoms with Crippen LogP contribution in [0.15, 0.2) is 23.3 Å². The lowest BCUT2D eigenvalue weighted by molar-refractivity contribution is -0.131. The van der Waals surface area contributed by atoms with E-state index in [1.54, 1.807) is 7.11 Å². The van der Waals surface area contributed by atoms with Gasteiger partial charge in [-0.1, -0.05) is 25.5 Å². The number of rotatable bonds is 5. The Morgan fingerprint density at radius 1 is 1.48 bits per heavy atom. The molecular weight excluding hydrogens is 316 g/mol. The lowest BCUT2D eigenvalue weighted by Crippen LogP contribution is -2.51. The largest absolute Gasteiger partial charge is 0.478 e. The molecular formula is C21H32O4. The molecule has 4 nitrogen and oxygen atoms in total. The van der Waals surface area contributed by atoms with Crippen molar-refractivity contribution in [3.8, 4) is 0 Å². The molecule has 1 spiro atoms. The van der Waals surface area contributed by atoms with Gasteiger partial charge in [0.25, 0.3) is 0 Å². The number of hydrogen-bond donors (Lipinski definition) is 1. The maximum absolute atomic E-state index is 10.9. The zero-order chi connectivity index (χ0) is 18.2. The molecule has 5 atom stereocenters. The standard InChI is InChI=1S/C21H32O4/c1-14(12-18(22)23)8-10-20(3)15(2)9-11-21-13-25-19(24-4)16(21)6-5-7-17(20)21/h6,12,15,17,19H,5,7-11,13H2,1-4H3,(H,22,23)/b14-12+/t15-,17-,19+,20+,21-/m1/s1. The van der Waals surface area contributed by atoms with Gasteiger partial charge in [-0.2, -0.15) is 0 Å². The number of carboxylic acid groups (broad SMARTS) is 1. The van der Waals surface area contributed by atoms with Gasteiger partial charge >= 0.3 is 5.97 Å². The van der Waals surface area contributed by atoms with Gasteiger partial charge in [0.1, 0.15) is 0 Å². The second-order valence-electron chi connectivity index (χ2n) is 8.60. The Kier molecular flexibility index (Phi) is 5.13. The molecule has 1 heterocycles. The summed E-state index contributed by atoms with van der Waals surface area (Å²) in [5, 5.41) is 8.99.